The van der Waals surface area contributed by atoms with E-state index in [9.17, 15) is 19.2 Å². The van der Waals surface area contributed by atoms with Gasteiger partial charge in [0.1, 0.15) is 12.6 Å². The third-order valence-corrected chi connectivity index (χ3v) is 8.02. The van der Waals surface area contributed by atoms with E-state index in [0.717, 1.165) is 16.0 Å². The van der Waals surface area contributed by atoms with Gasteiger partial charge in [-0.05, 0) is 60.0 Å². The number of Topliss-reactive ketones (excluding diaryl/α,β-unsaturated/α-hetero) is 1. The minimum Gasteiger partial charge on any atom is -0.493 e. The zero-order valence-electron chi connectivity index (χ0n) is 25.4. The van der Waals surface area contributed by atoms with Gasteiger partial charge in [0.2, 0.25) is 12.7 Å². The van der Waals surface area contributed by atoms with E-state index in [2.05, 4.69) is 5.32 Å². The molecule has 0 saturated heterocycles. The van der Waals surface area contributed by atoms with Crippen LogP contribution in [0.25, 0.3) is 0 Å². The molecule has 2 heterocycles. The van der Waals surface area contributed by atoms with Crippen LogP contribution in [0.2, 0.25) is 0 Å². The van der Waals surface area contributed by atoms with Crippen LogP contribution in [0.15, 0.2) is 84.9 Å². The Morgan fingerprint density at radius 3 is 2.41 bits per heavy atom. The average Bonchev–Trinajstić information content (AvgIpc) is 3.63. The Morgan fingerprint density at radius 2 is 1.63 bits per heavy atom. The van der Waals surface area contributed by atoms with Gasteiger partial charge in [0.05, 0.1) is 25.5 Å². The van der Waals surface area contributed by atoms with Crippen molar-refractivity contribution in [2.24, 2.45) is 0 Å². The number of amides is 3. The number of rotatable bonds is 10. The molecule has 0 aliphatic carbocycles. The fourth-order valence-corrected chi connectivity index (χ4v) is 5.61. The van der Waals surface area contributed by atoms with E-state index >= 15 is 0 Å². The highest BCUT2D eigenvalue weighted by molar-refractivity contribution is 6.52. The SMILES string of the molecule is COc1ccc(C(C(=O)Nc2ccc3c(c2)OCO3)N(Cc2ccccc2C)C(=O)CN2C(=O)C(=O)c3ccccc32)cc1OC. The average molecular weight is 622 g/mol. The smallest absolute Gasteiger partial charge is 0.299 e. The van der Waals surface area contributed by atoms with Crippen molar-refractivity contribution in [1.29, 1.82) is 0 Å². The quantitative estimate of drug-likeness (QED) is 0.253. The van der Waals surface area contributed by atoms with Gasteiger partial charge in [0, 0.05) is 18.3 Å². The molecule has 1 N–H and O–H groups in total. The van der Waals surface area contributed by atoms with E-state index in [1.54, 1.807) is 60.7 Å². The molecule has 0 radical (unpaired) electrons. The van der Waals surface area contributed by atoms with Crippen LogP contribution in [0.4, 0.5) is 11.4 Å². The Labute approximate surface area is 265 Å². The van der Waals surface area contributed by atoms with Gasteiger partial charge in [-0.3, -0.25) is 24.1 Å². The second-order valence-corrected chi connectivity index (χ2v) is 10.8. The van der Waals surface area contributed by atoms with E-state index in [-0.39, 0.29) is 18.9 Å². The first kappa shape index (κ1) is 30.2. The molecule has 46 heavy (non-hydrogen) atoms. The highest BCUT2D eigenvalue weighted by Crippen LogP contribution is 2.37. The molecular weight excluding hydrogens is 590 g/mol. The molecule has 0 saturated carbocycles. The van der Waals surface area contributed by atoms with Crippen molar-refractivity contribution in [1.82, 2.24) is 4.90 Å². The molecule has 11 nitrogen and oxygen atoms in total. The van der Waals surface area contributed by atoms with Gasteiger partial charge in [-0.2, -0.15) is 0 Å². The normalized spacial score (nSPS) is 13.7. The summed E-state index contributed by atoms with van der Waals surface area (Å²) in [6.45, 7) is 1.54. The van der Waals surface area contributed by atoms with E-state index in [1.165, 1.54) is 19.1 Å². The van der Waals surface area contributed by atoms with Crippen molar-refractivity contribution in [2.45, 2.75) is 19.5 Å². The number of hydrogen-bond donors (Lipinski definition) is 1. The summed E-state index contributed by atoms with van der Waals surface area (Å²) >= 11 is 0. The number of fused-ring (bicyclic) bond motifs is 2. The number of ketones is 1. The van der Waals surface area contributed by atoms with Gasteiger partial charge in [0.25, 0.3) is 17.6 Å². The van der Waals surface area contributed by atoms with E-state index < -0.39 is 36.1 Å². The van der Waals surface area contributed by atoms with E-state index in [4.69, 9.17) is 18.9 Å². The lowest BCUT2D eigenvalue weighted by Crippen LogP contribution is -2.46. The lowest BCUT2D eigenvalue weighted by molar-refractivity contribution is -0.139. The molecular formula is C35H31N3O8. The van der Waals surface area contributed by atoms with Crippen molar-refractivity contribution in [3.63, 3.8) is 0 Å². The summed E-state index contributed by atoms with van der Waals surface area (Å²) in [5.74, 6) is -0.753. The Kier molecular flexibility index (Phi) is 8.30. The molecule has 3 amide bonds. The lowest BCUT2D eigenvalue weighted by atomic mass is 10.0. The van der Waals surface area contributed by atoms with Crippen molar-refractivity contribution in [3.05, 3.63) is 107 Å². The number of ether oxygens (including phenoxy) is 4. The Bertz CT molecular complexity index is 1860. The molecule has 0 fully saturated rings. The standard InChI is InChI=1S/C35H31N3O8/c1-21-8-4-5-9-23(21)18-38(31(39)19-37-26-11-7-6-10-25(26)33(40)35(37)42)32(22-12-14-27(43-2)29(16-22)44-3)34(41)36-24-13-15-28-30(17-24)46-20-45-28/h4-17,32H,18-20H2,1-3H3,(H,36,41). The van der Waals surface area contributed by atoms with Crippen molar-refractivity contribution in [2.75, 3.05) is 37.8 Å². The van der Waals surface area contributed by atoms with Gasteiger partial charge in [0.15, 0.2) is 23.0 Å². The van der Waals surface area contributed by atoms with Crippen LogP contribution >= 0.6 is 0 Å². The van der Waals surface area contributed by atoms with Crippen LogP contribution in [0, 0.1) is 6.92 Å². The molecule has 0 spiro atoms. The molecule has 2 aliphatic rings. The van der Waals surface area contributed by atoms with Gasteiger partial charge in [-0.25, -0.2) is 0 Å². The molecule has 0 aromatic heterocycles. The number of para-hydroxylation sites is 1. The first-order chi connectivity index (χ1) is 22.3. The number of nitrogens with zero attached hydrogens (tertiary/aromatic N) is 2. The molecule has 1 atom stereocenters. The van der Waals surface area contributed by atoms with Crippen LogP contribution in [-0.4, -0.2) is 56.0 Å². The third kappa shape index (κ3) is 5.70. The Morgan fingerprint density at radius 1 is 0.891 bits per heavy atom. The predicted molar refractivity (Wildman–Crippen MR) is 168 cm³/mol. The van der Waals surface area contributed by atoms with Gasteiger partial charge < -0.3 is 29.2 Å². The van der Waals surface area contributed by atoms with Gasteiger partial charge in [-0.15, -0.1) is 0 Å². The zero-order valence-corrected chi connectivity index (χ0v) is 25.4. The first-order valence-electron chi connectivity index (χ1n) is 14.5. The molecule has 11 heteroatoms. The maximum absolute atomic E-state index is 14.4. The number of nitrogens with one attached hydrogen (secondary N) is 1. The molecule has 0 bridgehead atoms. The van der Waals surface area contributed by atoms with Crippen molar-refractivity contribution >= 4 is 34.9 Å². The summed E-state index contributed by atoms with van der Waals surface area (Å²) in [5, 5.41) is 2.92. The third-order valence-electron chi connectivity index (χ3n) is 8.02. The summed E-state index contributed by atoms with van der Waals surface area (Å²) in [5.41, 5.74) is 3.12. The highest BCUT2D eigenvalue weighted by atomic mass is 16.7. The number of anilines is 2. The first-order valence-corrected chi connectivity index (χ1v) is 14.5. The largest absolute Gasteiger partial charge is 0.493 e. The summed E-state index contributed by atoms with van der Waals surface area (Å²) < 4.78 is 21.9. The van der Waals surface area contributed by atoms with E-state index in [0.29, 0.717) is 39.9 Å². The highest BCUT2D eigenvalue weighted by Gasteiger charge is 2.40. The number of carbonyl (C=O) groups excluding carboxylic acids is 4. The monoisotopic (exact) mass is 621 g/mol. The fourth-order valence-electron chi connectivity index (χ4n) is 5.61. The van der Waals surface area contributed by atoms with Crippen molar-refractivity contribution in [3.8, 4) is 23.0 Å². The number of methoxy groups -OCH3 is 2. The molecule has 6 rings (SSSR count). The topological polar surface area (TPSA) is 124 Å². The van der Waals surface area contributed by atoms with E-state index in [1.807, 2.05) is 31.2 Å². The van der Waals surface area contributed by atoms with Crippen LogP contribution in [0.1, 0.15) is 33.1 Å². The van der Waals surface area contributed by atoms with Crippen molar-refractivity contribution < 1.29 is 38.1 Å². The van der Waals surface area contributed by atoms with Crippen LogP contribution in [0.3, 0.4) is 0 Å². The molecule has 4 aromatic rings. The number of carbonyl (C=O) groups is 4. The summed E-state index contributed by atoms with van der Waals surface area (Å²) in [6, 6.07) is 22.8. The number of benzene rings is 4. The second kappa shape index (κ2) is 12.6. The Hall–Kier alpha value is -5.84. The molecule has 234 valence electrons. The van der Waals surface area contributed by atoms with Gasteiger partial charge >= 0.3 is 0 Å². The summed E-state index contributed by atoms with van der Waals surface area (Å²) in [4.78, 5) is 57.2. The van der Waals surface area contributed by atoms with Crippen LogP contribution < -0.4 is 29.2 Å². The summed E-state index contributed by atoms with van der Waals surface area (Å²) in [7, 11) is 2.98. The molecule has 4 aromatic carbocycles. The number of aryl methyl sites for hydroxylation is 1. The maximum atomic E-state index is 14.4. The maximum Gasteiger partial charge on any atom is 0.299 e. The molecule has 1 unspecified atom stereocenters. The predicted octanol–water partition coefficient (Wildman–Crippen LogP) is 4.68. The fraction of sp³-hybridized carbons (Fsp3) is 0.200. The number of hydrogen-bond acceptors (Lipinski definition) is 8. The van der Waals surface area contributed by atoms with Crippen LogP contribution in [-0.2, 0) is 20.9 Å². The molecule has 2 aliphatic heterocycles. The zero-order chi connectivity index (χ0) is 32.4. The van der Waals surface area contributed by atoms with Gasteiger partial charge in [-0.1, -0.05) is 42.5 Å². The lowest BCUT2D eigenvalue weighted by Gasteiger charge is -2.33. The minimum absolute atomic E-state index is 0.0245. The Balaban J connectivity index is 1.43. The minimum atomic E-state index is -1.21. The second-order valence-electron chi connectivity index (χ2n) is 10.8. The van der Waals surface area contributed by atoms with Crippen LogP contribution in [0.5, 0.6) is 23.0 Å². The summed E-state index contributed by atoms with van der Waals surface area (Å²) in [6.07, 6.45) is 0.